The van der Waals surface area contributed by atoms with Gasteiger partial charge in [0.25, 0.3) is 0 Å². The lowest BCUT2D eigenvalue weighted by Gasteiger charge is -2.36. The average molecular weight is 317 g/mol. The van der Waals surface area contributed by atoms with Gasteiger partial charge in [0.15, 0.2) is 5.95 Å². The zero-order valence-electron chi connectivity index (χ0n) is 13.8. The molecule has 2 aromatic rings. The number of nitrogens with two attached hydrogens (primary N) is 1. The first-order chi connectivity index (χ1) is 10.8. The highest BCUT2D eigenvalue weighted by Gasteiger charge is 2.26. The summed E-state index contributed by atoms with van der Waals surface area (Å²) in [6.45, 7) is 8.49. The van der Waals surface area contributed by atoms with Crippen LogP contribution in [0.2, 0.25) is 0 Å². The van der Waals surface area contributed by atoms with Crippen LogP contribution in [0.1, 0.15) is 20.8 Å². The Bertz CT molecular complexity index is 711. The van der Waals surface area contributed by atoms with Crippen LogP contribution in [0.15, 0.2) is 18.2 Å². The standard InChI is InChI=1S/C16H23N5O2/c1-16(2,3)23-15(22)21-8-6-20(7-9-21)11-4-5-12-13(10-11)19-14(17)18-12/h4-5,10H,6-9H2,1-3H3,(H3,17,18,19). The number of H-pyrrole nitrogens is 1. The number of amides is 1. The molecule has 124 valence electrons. The Labute approximate surface area is 135 Å². The van der Waals surface area contributed by atoms with Crippen molar-refractivity contribution in [1.82, 2.24) is 14.9 Å². The van der Waals surface area contributed by atoms with Crippen LogP contribution in [0.4, 0.5) is 16.4 Å². The number of nitrogens with zero attached hydrogens (tertiary/aromatic N) is 3. The third-order valence-corrected chi connectivity index (χ3v) is 3.78. The molecule has 0 radical (unpaired) electrons. The van der Waals surface area contributed by atoms with Gasteiger partial charge in [-0.1, -0.05) is 0 Å². The van der Waals surface area contributed by atoms with E-state index < -0.39 is 5.60 Å². The summed E-state index contributed by atoms with van der Waals surface area (Å²) < 4.78 is 5.42. The van der Waals surface area contributed by atoms with Crippen LogP contribution < -0.4 is 10.6 Å². The Balaban J connectivity index is 1.64. The van der Waals surface area contributed by atoms with Crippen LogP contribution in [-0.2, 0) is 4.74 Å². The third-order valence-electron chi connectivity index (χ3n) is 3.78. The number of anilines is 2. The number of piperazine rings is 1. The summed E-state index contributed by atoms with van der Waals surface area (Å²) >= 11 is 0. The summed E-state index contributed by atoms with van der Waals surface area (Å²) in [6.07, 6.45) is -0.242. The van der Waals surface area contributed by atoms with E-state index in [0.717, 1.165) is 29.8 Å². The van der Waals surface area contributed by atoms with Crippen molar-refractivity contribution in [3.8, 4) is 0 Å². The van der Waals surface area contributed by atoms with Crippen LogP contribution in [-0.4, -0.2) is 52.7 Å². The van der Waals surface area contributed by atoms with E-state index in [0.29, 0.717) is 19.0 Å². The number of rotatable bonds is 1. The molecular formula is C16H23N5O2. The second-order valence-electron chi connectivity index (χ2n) is 6.78. The van der Waals surface area contributed by atoms with Crippen molar-refractivity contribution >= 4 is 28.8 Å². The zero-order chi connectivity index (χ0) is 16.6. The number of aromatic amines is 1. The maximum atomic E-state index is 12.1. The molecule has 23 heavy (non-hydrogen) atoms. The Hall–Kier alpha value is -2.44. The van der Waals surface area contributed by atoms with Crippen LogP contribution >= 0.6 is 0 Å². The molecular weight excluding hydrogens is 294 g/mol. The molecule has 7 heteroatoms. The number of aromatic nitrogens is 2. The topological polar surface area (TPSA) is 87.5 Å². The monoisotopic (exact) mass is 317 g/mol. The van der Waals surface area contributed by atoms with E-state index in [9.17, 15) is 4.79 Å². The predicted molar refractivity (Wildman–Crippen MR) is 90.5 cm³/mol. The second kappa shape index (κ2) is 5.64. The first-order valence-electron chi connectivity index (χ1n) is 7.80. The number of imidazole rings is 1. The minimum absolute atomic E-state index is 0.242. The van der Waals surface area contributed by atoms with Gasteiger partial charge < -0.3 is 25.3 Å². The smallest absolute Gasteiger partial charge is 0.410 e. The molecule has 1 fully saturated rings. The molecule has 7 nitrogen and oxygen atoms in total. The lowest BCUT2D eigenvalue weighted by Crippen LogP contribution is -2.50. The molecule has 2 heterocycles. The summed E-state index contributed by atoms with van der Waals surface area (Å²) in [4.78, 5) is 23.3. The van der Waals surface area contributed by atoms with Gasteiger partial charge in [-0.25, -0.2) is 9.78 Å². The minimum Gasteiger partial charge on any atom is -0.444 e. The Morgan fingerprint density at radius 1 is 1.26 bits per heavy atom. The molecule has 1 aromatic carbocycles. The van der Waals surface area contributed by atoms with E-state index in [1.807, 2.05) is 39.0 Å². The van der Waals surface area contributed by atoms with Crippen LogP contribution in [0.5, 0.6) is 0 Å². The van der Waals surface area contributed by atoms with E-state index in [2.05, 4.69) is 14.9 Å². The molecule has 0 bridgehead atoms. The lowest BCUT2D eigenvalue weighted by molar-refractivity contribution is 0.0240. The van der Waals surface area contributed by atoms with Crippen LogP contribution in [0, 0.1) is 0 Å². The average Bonchev–Trinajstić information content (AvgIpc) is 2.84. The van der Waals surface area contributed by atoms with Gasteiger partial charge in [-0.3, -0.25) is 0 Å². The predicted octanol–water partition coefficient (Wildman–Crippen LogP) is 2.20. The number of carbonyl (C=O) groups is 1. The molecule has 3 N–H and O–H groups in total. The summed E-state index contributed by atoms with van der Waals surface area (Å²) in [5.41, 5.74) is 8.11. The molecule has 1 aromatic heterocycles. The highest BCUT2D eigenvalue weighted by molar-refractivity contribution is 5.81. The highest BCUT2D eigenvalue weighted by atomic mass is 16.6. The van der Waals surface area contributed by atoms with Crippen LogP contribution in [0.25, 0.3) is 11.0 Å². The first kappa shape index (κ1) is 15.5. The zero-order valence-corrected chi connectivity index (χ0v) is 13.8. The summed E-state index contributed by atoms with van der Waals surface area (Å²) in [7, 11) is 0. The fourth-order valence-electron chi connectivity index (χ4n) is 2.69. The lowest BCUT2D eigenvalue weighted by atomic mass is 10.2. The molecule has 1 amide bonds. The second-order valence-corrected chi connectivity index (χ2v) is 6.78. The summed E-state index contributed by atoms with van der Waals surface area (Å²) in [6, 6.07) is 6.03. The van der Waals surface area contributed by atoms with Crippen molar-refractivity contribution in [2.75, 3.05) is 36.8 Å². The quantitative estimate of drug-likeness (QED) is 0.842. The van der Waals surface area contributed by atoms with E-state index in [1.54, 1.807) is 4.90 Å². The van der Waals surface area contributed by atoms with Crippen LogP contribution in [0.3, 0.4) is 0 Å². The molecule has 0 spiro atoms. The van der Waals surface area contributed by atoms with E-state index >= 15 is 0 Å². The third kappa shape index (κ3) is 3.49. The van der Waals surface area contributed by atoms with Gasteiger partial charge in [-0.05, 0) is 39.0 Å². The SMILES string of the molecule is CC(C)(C)OC(=O)N1CCN(c2ccc3nc(N)[nH]c3c2)CC1. The number of carbonyl (C=O) groups excluding carboxylic acids is 1. The Morgan fingerprint density at radius 2 is 1.96 bits per heavy atom. The summed E-state index contributed by atoms with van der Waals surface area (Å²) in [5.74, 6) is 0.423. The first-order valence-corrected chi connectivity index (χ1v) is 7.80. The van der Waals surface area contributed by atoms with Crippen molar-refractivity contribution < 1.29 is 9.53 Å². The molecule has 1 aliphatic heterocycles. The van der Waals surface area contributed by atoms with Crippen molar-refractivity contribution in [3.05, 3.63) is 18.2 Å². The van der Waals surface area contributed by atoms with Gasteiger partial charge in [-0.15, -0.1) is 0 Å². The number of nitrogen functional groups attached to an aromatic ring is 1. The normalized spacial score (nSPS) is 16.0. The van der Waals surface area contributed by atoms with Gasteiger partial charge in [0.2, 0.25) is 0 Å². The molecule has 0 atom stereocenters. The van der Waals surface area contributed by atoms with Gasteiger partial charge in [0.1, 0.15) is 5.60 Å². The molecule has 0 saturated carbocycles. The number of ether oxygens (including phenoxy) is 1. The van der Waals surface area contributed by atoms with Gasteiger partial charge in [0.05, 0.1) is 11.0 Å². The van der Waals surface area contributed by atoms with Gasteiger partial charge in [0, 0.05) is 31.9 Å². The molecule has 0 aliphatic carbocycles. The van der Waals surface area contributed by atoms with Crippen molar-refractivity contribution in [3.63, 3.8) is 0 Å². The Morgan fingerprint density at radius 3 is 2.61 bits per heavy atom. The fourth-order valence-corrected chi connectivity index (χ4v) is 2.69. The van der Waals surface area contributed by atoms with Gasteiger partial charge in [-0.2, -0.15) is 0 Å². The number of hydrogen-bond acceptors (Lipinski definition) is 5. The van der Waals surface area contributed by atoms with E-state index in [-0.39, 0.29) is 6.09 Å². The highest BCUT2D eigenvalue weighted by Crippen LogP contribution is 2.23. The van der Waals surface area contributed by atoms with Crippen molar-refractivity contribution in [1.29, 1.82) is 0 Å². The number of benzene rings is 1. The maximum absolute atomic E-state index is 12.1. The minimum atomic E-state index is -0.459. The largest absolute Gasteiger partial charge is 0.444 e. The van der Waals surface area contributed by atoms with E-state index in [4.69, 9.17) is 10.5 Å². The number of nitrogens with one attached hydrogen (secondary N) is 1. The van der Waals surface area contributed by atoms with Crippen molar-refractivity contribution in [2.45, 2.75) is 26.4 Å². The molecule has 0 unspecified atom stereocenters. The van der Waals surface area contributed by atoms with Gasteiger partial charge >= 0.3 is 6.09 Å². The van der Waals surface area contributed by atoms with E-state index in [1.165, 1.54) is 0 Å². The van der Waals surface area contributed by atoms with Crippen molar-refractivity contribution in [2.24, 2.45) is 0 Å². The molecule has 3 rings (SSSR count). The Kier molecular flexibility index (Phi) is 3.79. The molecule has 1 saturated heterocycles. The fraction of sp³-hybridized carbons (Fsp3) is 0.500. The number of hydrogen-bond donors (Lipinski definition) is 2. The maximum Gasteiger partial charge on any atom is 0.410 e. The molecule has 1 aliphatic rings. The number of fused-ring (bicyclic) bond motifs is 1. The summed E-state index contributed by atoms with van der Waals surface area (Å²) in [5, 5.41) is 0.